The Morgan fingerprint density at radius 2 is 2.04 bits per heavy atom. The average Bonchev–Trinajstić information content (AvgIpc) is 2.55. The van der Waals surface area contributed by atoms with Gasteiger partial charge in [-0.25, -0.2) is 9.18 Å². The minimum Gasteiger partial charge on any atom is -0.433 e. The number of hydrogen-bond acceptors (Lipinski definition) is 3. The van der Waals surface area contributed by atoms with Crippen molar-refractivity contribution in [2.24, 2.45) is 11.8 Å². The van der Waals surface area contributed by atoms with Crippen molar-refractivity contribution in [3.8, 4) is 11.8 Å². The number of rotatable bonds is 5. The number of anilines is 1. The van der Waals surface area contributed by atoms with E-state index < -0.39 is 18.5 Å². The minimum absolute atomic E-state index is 0.0800. The molecule has 5 nitrogen and oxygen atoms in total. The zero-order valence-corrected chi connectivity index (χ0v) is 12.9. The maximum absolute atomic E-state index is 13.2. The molecule has 0 heterocycles. The largest absolute Gasteiger partial charge is 0.433 e. The van der Waals surface area contributed by atoms with Crippen LogP contribution in [0.25, 0.3) is 0 Å². The van der Waals surface area contributed by atoms with E-state index in [-0.39, 0.29) is 23.3 Å². The number of amides is 2. The van der Waals surface area contributed by atoms with Gasteiger partial charge in [0.1, 0.15) is 11.6 Å². The van der Waals surface area contributed by atoms with Crippen LogP contribution in [-0.4, -0.2) is 19.2 Å². The Kier molecular flexibility index (Phi) is 6.29. The second-order valence-electron chi connectivity index (χ2n) is 5.70. The van der Waals surface area contributed by atoms with E-state index in [1.807, 2.05) is 0 Å². The van der Waals surface area contributed by atoms with E-state index in [9.17, 15) is 18.0 Å². The van der Waals surface area contributed by atoms with Crippen molar-refractivity contribution >= 4 is 11.7 Å². The predicted octanol–water partition coefficient (Wildman–Crippen LogP) is 3.88. The molecule has 0 saturated heterocycles. The fourth-order valence-electron chi connectivity index (χ4n) is 2.70. The van der Waals surface area contributed by atoms with Gasteiger partial charge in [-0.3, -0.25) is 0 Å². The second-order valence-corrected chi connectivity index (χ2v) is 5.70. The summed E-state index contributed by atoms with van der Waals surface area (Å²) in [5.41, 5.74) is -0.166. The molecule has 0 radical (unpaired) electrons. The van der Waals surface area contributed by atoms with Gasteiger partial charge in [0.25, 0.3) is 0 Å². The van der Waals surface area contributed by atoms with Gasteiger partial charge in [-0.15, -0.1) is 0 Å². The van der Waals surface area contributed by atoms with Crippen LogP contribution in [0.4, 0.5) is 23.7 Å². The van der Waals surface area contributed by atoms with Crippen molar-refractivity contribution in [3.63, 3.8) is 0 Å². The van der Waals surface area contributed by atoms with Crippen molar-refractivity contribution in [2.45, 2.75) is 32.3 Å². The van der Waals surface area contributed by atoms with Gasteiger partial charge in [0, 0.05) is 18.5 Å². The molecular weight excluding hydrogens is 323 g/mol. The first-order chi connectivity index (χ1) is 11.5. The summed E-state index contributed by atoms with van der Waals surface area (Å²) in [6.07, 6.45) is 3.30. The molecule has 2 N–H and O–H groups in total. The lowest BCUT2D eigenvalue weighted by Gasteiger charge is -2.24. The number of halogens is 3. The van der Waals surface area contributed by atoms with Crippen LogP contribution in [0.2, 0.25) is 0 Å². The number of nitrogens with one attached hydrogen (secondary N) is 2. The van der Waals surface area contributed by atoms with Crippen molar-refractivity contribution in [2.75, 3.05) is 11.9 Å². The average molecular weight is 341 g/mol. The molecule has 1 aromatic carbocycles. The molecule has 2 amide bonds. The smallest absolute Gasteiger partial charge is 0.387 e. The lowest BCUT2D eigenvalue weighted by atomic mass is 9.83. The monoisotopic (exact) mass is 341 g/mol. The van der Waals surface area contributed by atoms with Crippen LogP contribution in [0.1, 0.15) is 25.7 Å². The summed E-state index contributed by atoms with van der Waals surface area (Å²) in [6.45, 7) is -2.67. The Labute approximate surface area is 137 Å². The highest BCUT2D eigenvalue weighted by Gasteiger charge is 2.21. The van der Waals surface area contributed by atoms with Gasteiger partial charge in [-0.2, -0.15) is 14.0 Å². The van der Waals surface area contributed by atoms with Crippen LogP contribution in [0.3, 0.4) is 0 Å². The molecule has 0 aliphatic heterocycles. The van der Waals surface area contributed by atoms with E-state index in [4.69, 9.17) is 5.26 Å². The van der Waals surface area contributed by atoms with Gasteiger partial charge in [0.15, 0.2) is 0 Å². The molecule has 0 atom stereocenters. The lowest BCUT2D eigenvalue weighted by molar-refractivity contribution is -0.0494. The normalized spacial score (nSPS) is 20.3. The highest BCUT2D eigenvalue weighted by Crippen LogP contribution is 2.28. The van der Waals surface area contributed by atoms with Crippen molar-refractivity contribution < 1.29 is 22.7 Å². The van der Waals surface area contributed by atoms with E-state index in [1.165, 1.54) is 0 Å². The number of ether oxygens (including phenoxy) is 1. The summed E-state index contributed by atoms with van der Waals surface area (Å²) >= 11 is 0. The van der Waals surface area contributed by atoms with Gasteiger partial charge in [0.2, 0.25) is 0 Å². The summed E-state index contributed by atoms with van der Waals surface area (Å²) in [4.78, 5) is 11.9. The fraction of sp³-hybridized carbons (Fsp3) is 0.500. The molecule has 0 bridgehead atoms. The molecule has 0 unspecified atom stereocenters. The third-order valence-electron chi connectivity index (χ3n) is 3.99. The number of nitriles is 1. The summed E-state index contributed by atoms with van der Waals surface area (Å²) in [6, 6.07) is 4.52. The predicted molar refractivity (Wildman–Crippen MR) is 81.1 cm³/mol. The first-order valence-corrected chi connectivity index (χ1v) is 7.66. The quantitative estimate of drug-likeness (QED) is 0.853. The highest BCUT2D eigenvalue weighted by atomic mass is 19.3. The zero-order valence-electron chi connectivity index (χ0n) is 12.9. The summed E-state index contributed by atoms with van der Waals surface area (Å²) < 4.78 is 42.1. The van der Waals surface area contributed by atoms with Crippen LogP contribution < -0.4 is 15.4 Å². The first kappa shape index (κ1) is 17.9. The van der Waals surface area contributed by atoms with E-state index in [2.05, 4.69) is 21.4 Å². The van der Waals surface area contributed by atoms with E-state index in [0.29, 0.717) is 6.54 Å². The van der Waals surface area contributed by atoms with Gasteiger partial charge in [0.05, 0.1) is 11.8 Å². The molecule has 24 heavy (non-hydrogen) atoms. The second kappa shape index (κ2) is 8.43. The van der Waals surface area contributed by atoms with Crippen molar-refractivity contribution in [3.05, 3.63) is 24.0 Å². The molecule has 1 aromatic rings. The van der Waals surface area contributed by atoms with Crippen molar-refractivity contribution in [1.29, 1.82) is 5.26 Å². The molecule has 1 aliphatic carbocycles. The number of nitrogens with zero attached hydrogens (tertiary/aromatic N) is 1. The summed E-state index contributed by atoms with van der Waals surface area (Å²) in [7, 11) is 0. The Balaban J connectivity index is 1.86. The molecule has 1 saturated carbocycles. The highest BCUT2D eigenvalue weighted by molar-refractivity contribution is 5.90. The first-order valence-electron chi connectivity index (χ1n) is 7.66. The zero-order chi connectivity index (χ0) is 17.5. The van der Waals surface area contributed by atoms with E-state index >= 15 is 0 Å². The van der Waals surface area contributed by atoms with Gasteiger partial charge in [-0.1, -0.05) is 0 Å². The fourth-order valence-corrected chi connectivity index (χ4v) is 2.70. The Bertz CT molecular complexity index is 611. The molecule has 1 aliphatic rings. The maximum Gasteiger partial charge on any atom is 0.387 e. The van der Waals surface area contributed by atoms with Crippen LogP contribution in [0.5, 0.6) is 5.75 Å². The number of benzene rings is 1. The number of alkyl halides is 2. The third-order valence-corrected chi connectivity index (χ3v) is 3.99. The molecule has 0 aromatic heterocycles. The SMILES string of the molecule is N#CC1CCC(CNC(=O)Nc2cc(F)ccc2OC(F)F)CC1. The molecule has 130 valence electrons. The maximum atomic E-state index is 13.2. The Morgan fingerprint density at radius 1 is 1.33 bits per heavy atom. The van der Waals surface area contributed by atoms with Crippen LogP contribution in [0, 0.1) is 29.0 Å². The molecule has 2 rings (SSSR count). The molecule has 8 heteroatoms. The molecule has 0 spiro atoms. The van der Waals surface area contributed by atoms with Gasteiger partial charge in [-0.05, 0) is 43.7 Å². The topological polar surface area (TPSA) is 74.2 Å². The number of carbonyl (C=O) groups excluding carboxylic acids is 1. The summed E-state index contributed by atoms with van der Waals surface area (Å²) in [5, 5.41) is 13.8. The standard InChI is InChI=1S/C16H18F3N3O2/c17-12-5-6-14(24-15(18)19)13(7-12)22-16(23)21-9-11-3-1-10(8-20)2-4-11/h5-7,10-11,15H,1-4,9H2,(H2,21,22,23). The van der Waals surface area contributed by atoms with E-state index in [1.54, 1.807) is 0 Å². The van der Waals surface area contributed by atoms with Gasteiger partial charge < -0.3 is 15.4 Å². The van der Waals surface area contributed by atoms with E-state index in [0.717, 1.165) is 43.9 Å². The molecular formula is C16H18F3N3O2. The van der Waals surface area contributed by atoms with Crippen LogP contribution >= 0.6 is 0 Å². The summed E-state index contributed by atoms with van der Waals surface area (Å²) in [5.74, 6) is -0.640. The minimum atomic E-state index is -3.07. The molecule has 1 fully saturated rings. The van der Waals surface area contributed by atoms with Crippen LogP contribution in [0.15, 0.2) is 18.2 Å². The number of hydrogen-bond donors (Lipinski definition) is 2. The van der Waals surface area contributed by atoms with Crippen LogP contribution in [-0.2, 0) is 0 Å². The Morgan fingerprint density at radius 3 is 2.67 bits per heavy atom. The van der Waals surface area contributed by atoms with Gasteiger partial charge >= 0.3 is 12.6 Å². The van der Waals surface area contributed by atoms with Crippen molar-refractivity contribution in [1.82, 2.24) is 5.32 Å². The number of urea groups is 1. The number of carbonyl (C=O) groups is 1. The lowest BCUT2D eigenvalue weighted by Crippen LogP contribution is -2.34. The Hall–Kier alpha value is -2.43. The third kappa shape index (κ3) is 5.33.